The summed E-state index contributed by atoms with van der Waals surface area (Å²) >= 11 is 6.24. The summed E-state index contributed by atoms with van der Waals surface area (Å²) < 4.78 is 10.6. The van der Waals surface area contributed by atoms with Crippen LogP contribution in [0.25, 0.3) is 22.2 Å². The fraction of sp³-hybridized carbons (Fsp3) is 0.265. The third kappa shape index (κ3) is 5.50. The number of carbonyl (C=O) groups is 4. The molecule has 0 spiro atoms. The second-order valence-electron chi connectivity index (χ2n) is 11.1. The van der Waals surface area contributed by atoms with E-state index < -0.39 is 12.6 Å². The van der Waals surface area contributed by atoms with E-state index in [1.807, 2.05) is 0 Å². The van der Waals surface area contributed by atoms with Crippen LogP contribution in [0.3, 0.4) is 0 Å². The van der Waals surface area contributed by atoms with Crippen molar-refractivity contribution in [3.63, 3.8) is 0 Å². The van der Waals surface area contributed by atoms with Crippen molar-refractivity contribution >= 4 is 51.8 Å². The van der Waals surface area contributed by atoms with E-state index in [-0.39, 0.29) is 35.0 Å². The predicted octanol–water partition coefficient (Wildman–Crippen LogP) is 6.53. The number of ketones is 1. The molecule has 2 fully saturated rings. The smallest absolute Gasteiger partial charge is 0.339 e. The van der Waals surface area contributed by atoms with Crippen molar-refractivity contribution < 1.29 is 28.7 Å². The highest BCUT2D eigenvalue weighted by molar-refractivity contribution is 6.31. The molecule has 218 valence electrons. The Morgan fingerprint density at radius 3 is 2.37 bits per heavy atom. The summed E-state index contributed by atoms with van der Waals surface area (Å²) in [5.74, 6) is -0.787. The molecule has 1 aliphatic heterocycles. The maximum absolute atomic E-state index is 13.3. The number of rotatable bonds is 7. The van der Waals surface area contributed by atoms with Gasteiger partial charge in [0.15, 0.2) is 12.4 Å². The van der Waals surface area contributed by atoms with Crippen LogP contribution >= 0.6 is 11.6 Å². The average molecular weight is 597 g/mol. The molecule has 3 unspecified atom stereocenters. The van der Waals surface area contributed by atoms with Gasteiger partial charge in [-0.25, -0.2) is 9.78 Å². The number of anilines is 1. The van der Waals surface area contributed by atoms with E-state index in [1.165, 1.54) is 12.0 Å². The topological polar surface area (TPSA) is 103 Å². The molecule has 1 aromatic heterocycles. The van der Waals surface area contributed by atoms with E-state index in [9.17, 15) is 19.2 Å². The highest BCUT2D eigenvalue weighted by Crippen LogP contribution is 2.42. The van der Waals surface area contributed by atoms with E-state index in [4.69, 9.17) is 26.1 Å². The number of halogens is 1. The number of methoxy groups -OCH3 is 1. The zero-order chi connectivity index (χ0) is 30.2. The third-order valence-corrected chi connectivity index (χ3v) is 8.58. The maximum atomic E-state index is 13.3. The van der Waals surface area contributed by atoms with Crippen LogP contribution in [0.4, 0.5) is 5.69 Å². The lowest BCUT2D eigenvalue weighted by Gasteiger charge is -2.25. The number of imide groups is 1. The van der Waals surface area contributed by atoms with Crippen molar-refractivity contribution in [3.05, 3.63) is 88.9 Å². The number of esters is 1. The number of aromatic nitrogens is 1. The molecular formula is C34H29ClN2O6. The van der Waals surface area contributed by atoms with Crippen LogP contribution in [0.15, 0.2) is 72.8 Å². The van der Waals surface area contributed by atoms with Crippen LogP contribution < -0.4 is 9.64 Å². The molecule has 6 rings (SSSR count). The summed E-state index contributed by atoms with van der Waals surface area (Å²) in [7, 11) is 1.54. The first-order valence-electron chi connectivity index (χ1n) is 14.2. The Labute approximate surface area is 253 Å². The van der Waals surface area contributed by atoms with E-state index in [0.29, 0.717) is 50.1 Å². The van der Waals surface area contributed by atoms with Gasteiger partial charge in [0.1, 0.15) is 5.75 Å². The van der Waals surface area contributed by atoms with Crippen LogP contribution in [-0.2, 0) is 14.3 Å². The molecule has 2 heterocycles. The molecule has 0 bridgehead atoms. The summed E-state index contributed by atoms with van der Waals surface area (Å²) in [5, 5.41) is 0.907. The molecule has 2 amide bonds. The van der Waals surface area contributed by atoms with E-state index in [0.717, 1.165) is 19.3 Å². The minimum atomic E-state index is -0.695. The van der Waals surface area contributed by atoms with Gasteiger partial charge < -0.3 is 9.47 Å². The Morgan fingerprint density at radius 1 is 0.930 bits per heavy atom. The molecule has 0 N–H and O–H groups in total. The fourth-order valence-electron chi connectivity index (χ4n) is 6.01. The predicted molar refractivity (Wildman–Crippen MR) is 162 cm³/mol. The quantitative estimate of drug-likeness (QED) is 0.136. The number of carbonyl (C=O) groups excluding carboxylic acids is 4. The van der Waals surface area contributed by atoms with Crippen molar-refractivity contribution in [1.29, 1.82) is 0 Å². The Morgan fingerprint density at radius 2 is 1.65 bits per heavy atom. The van der Waals surface area contributed by atoms with Crippen molar-refractivity contribution in [2.45, 2.75) is 26.2 Å². The number of amides is 2. The molecule has 3 atom stereocenters. The van der Waals surface area contributed by atoms with Gasteiger partial charge in [0.25, 0.3) is 0 Å². The number of hydrogen-bond acceptors (Lipinski definition) is 7. The number of Topliss-reactive ketones (excluding diaryl/α,β-unsaturated/α-hetero) is 1. The highest BCUT2D eigenvalue weighted by Gasteiger charge is 2.49. The molecule has 1 aliphatic carbocycles. The lowest BCUT2D eigenvalue weighted by molar-refractivity contribution is -0.122. The lowest BCUT2D eigenvalue weighted by Crippen LogP contribution is -2.30. The normalized spacial score (nSPS) is 19.8. The van der Waals surface area contributed by atoms with Gasteiger partial charge in [-0.15, -0.1) is 0 Å². The molecule has 43 heavy (non-hydrogen) atoms. The number of pyridine rings is 1. The van der Waals surface area contributed by atoms with Crippen molar-refractivity contribution in [1.82, 2.24) is 4.98 Å². The van der Waals surface area contributed by atoms with Gasteiger partial charge in [-0.05, 0) is 85.8 Å². The minimum Gasteiger partial charge on any atom is -0.497 e. The molecule has 1 saturated heterocycles. The van der Waals surface area contributed by atoms with Crippen LogP contribution in [0, 0.1) is 17.8 Å². The first kappa shape index (κ1) is 28.6. The summed E-state index contributed by atoms with van der Waals surface area (Å²) in [6, 6.07) is 20.1. The highest BCUT2D eigenvalue weighted by atomic mass is 35.5. The summed E-state index contributed by atoms with van der Waals surface area (Å²) in [5.41, 5.74) is 2.79. The Bertz CT molecular complexity index is 1750. The number of hydrogen-bond donors (Lipinski definition) is 0. The average Bonchev–Trinajstić information content (AvgIpc) is 3.27. The van der Waals surface area contributed by atoms with Crippen LogP contribution in [0.1, 0.15) is 46.9 Å². The van der Waals surface area contributed by atoms with Gasteiger partial charge in [-0.1, -0.05) is 30.7 Å². The Balaban J connectivity index is 1.26. The summed E-state index contributed by atoms with van der Waals surface area (Å²) in [4.78, 5) is 58.3. The molecule has 9 heteroatoms. The number of benzene rings is 3. The van der Waals surface area contributed by atoms with Crippen molar-refractivity contribution in [2.24, 2.45) is 17.8 Å². The first-order valence-corrected chi connectivity index (χ1v) is 14.5. The Hall–Kier alpha value is -4.56. The molecule has 2 aliphatic rings. The molecular weight excluding hydrogens is 568 g/mol. The second kappa shape index (κ2) is 11.6. The van der Waals surface area contributed by atoms with Gasteiger partial charge in [-0.3, -0.25) is 19.3 Å². The molecule has 0 radical (unpaired) electrons. The van der Waals surface area contributed by atoms with E-state index in [1.54, 1.807) is 72.8 Å². The van der Waals surface area contributed by atoms with Crippen molar-refractivity contribution in [2.75, 3.05) is 18.6 Å². The number of nitrogens with zero attached hydrogens (tertiary/aromatic N) is 2. The van der Waals surface area contributed by atoms with Crippen LogP contribution in [-0.4, -0.2) is 42.3 Å². The van der Waals surface area contributed by atoms with Gasteiger partial charge in [0.2, 0.25) is 11.8 Å². The maximum Gasteiger partial charge on any atom is 0.339 e. The molecule has 4 aromatic rings. The van der Waals surface area contributed by atoms with Crippen molar-refractivity contribution in [3.8, 4) is 17.0 Å². The molecule has 1 saturated carbocycles. The standard InChI is InChI=1S/C34H29ClN2O6/c1-19-3-13-25-27(15-19)33(40)37(32(25)39)23-9-4-20(5-10-23)30-17-28(26-16-22(35)8-14-29(26)36-30)34(41)43-18-31(38)21-6-11-24(42-2)12-7-21/h4-12,14,16-17,19,25,27H,3,13,15,18H2,1-2H3. The Kier molecular flexibility index (Phi) is 7.71. The summed E-state index contributed by atoms with van der Waals surface area (Å²) in [6.45, 7) is 1.68. The van der Waals surface area contributed by atoms with E-state index in [2.05, 4.69) is 6.92 Å². The van der Waals surface area contributed by atoms with Gasteiger partial charge >= 0.3 is 5.97 Å². The summed E-state index contributed by atoms with van der Waals surface area (Å²) in [6.07, 6.45) is 2.42. The van der Waals surface area contributed by atoms with Gasteiger partial charge in [-0.2, -0.15) is 0 Å². The molecule has 3 aromatic carbocycles. The van der Waals surface area contributed by atoms with Gasteiger partial charge in [0.05, 0.1) is 41.4 Å². The zero-order valence-corrected chi connectivity index (χ0v) is 24.5. The van der Waals surface area contributed by atoms with E-state index >= 15 is 0 Å². The zero-order valence-electron chi connectivity index (χ0n) is 23.7. The number of fused-ring (bicyclic) bond motifs is 2. The fourth-order valence-corrected chi connectivity index (χ4v) is 6.18. The minimum absolute atomic E-state index is 0.135. The van der Waals surface area contributed by atoms with Crippen LogP contribution in [0.2, 0.25) is 5.02 Å². The van der Waals surface area contributed by atoms with Crippen LogP contribution in [0.5, 0.6) is 5.75 Å². The van der Waals surface area contributed by atoms with Gasteiger partial charge in [0, 0.05) is 21.5 Å². The number of ether oxygens (including phenoxy) is 2. The monoisotopic (exact) mass is 596 g/mol. The lowest BCUT2D eigenvalue weighted by atomic mass is 9.76. The first-order chi connectivity index (χ1) is 20.7. The third-order valence-electron chi connectivity index (χ3n) is 8.35. The largest absolute Gasteiger partial charge is 0.497 e. The molecule has 8 nitrogen and oxygen atoms in total. The SMILES string of the molecule is COc1ccc(C(=O)COC(=O)c2cc(-c3ccc(N4C(=O)C5CCC(C)CC5C4=O)cc3)nc3ccc(Cl)cc23)cc1. The second-order valence-corrected chi connectivity index (χ2v) is 11.6.